The van der Waals surface area contributed by atoms with E-state index in [0.717, 1.165) is 16.9 Å². The molecule has 0 spiro atoms. The fourth-order valence-electron chi connectivity index (χ4n) is 2.19. The average molecular weight is 243 g/mol. The zero-order chi connectivity index (χ0) is 12.5. The summed E-state index contributed by atoms with van der Waals surface area (Å²) in [4.78, 5) is 17.5. The van der Waals surface area contributed by atoms with Gasteiger partial charge < -0.3 is 14.6 Å². The smallest absolute Gasteiger partial charge is 0.224 e. The Hall–Kier alpha value is -2.30. The molecule has 0 bridgehead atoms. The number of furan rings is 1. The van der Waals surface area contributed by atoms with Crippen molar-refractivity contribution in [1.29, 1.82) is 0 Å². The van der Waals surface area contributed by atoms with Crippen molar-refractivity contribution >= 4 is 17.3 Å². The maximum absolute atomic E-state index is 11.7. The van der Waals surface area contributed by atoms with Gasteiger partial charge in [0.2, 0.25) is 5.91 Å². The largest absolute Gasteiger partial charge is 0.468 e. The minimum Gasteiger partial charge on any atom is -0.468 e. The van der Waals surface area contributed by atoms with Crippen molar-refractivity contribution < 1.29 is 9.21 Å². The first kappa shape index (κ1) is 10.8. The number of amides is 1. The van der Waals surface area contributed by atoms with Gasteiger partial charge in [-0.15, -0.1) is 0 Å². The van der Waals surface area contributed by atoms with Crippen molar-refractivity contribution in [3.63, 3.8) is 0 Å². The molecular formula is C13H13N3O2. The molecule has 1 N–H and O–H groups in total. The summed E-state index contributed by atoms with van der Waals surface area (Å²) in [6.45, 7) is 2.13. The predicted molar refractivity (Wildman–Crippen MR) is 67.3 cm³/mol. The number of fused-ring (bicyclic) bond motifs is 1. The second kappa shape index (κ2) is 4.18. The molecule has 18 heavy (non-hydrogen) atoms. The first-order valence-electron chi connectivity index (χ1n) is 5.76. The van der Waals surface area contributed by atoms with Crippen molar-refractivity contribution in [2.24, 2.45) is 0 Å². The lowest BCUT2D eigenvalue weighted by molar-refractivity contribution is -0.116. The Bertz CT molecular complexity index is 565. The number of hydrogen-bond donors (Lipinski definition) is 1. The Morgan fingerprint density at radius 3 is 3.17 bits per heavy atom. The van der Waals surface area contributed by atoms with Gasteiger partial charge in [0.1, 0.15) is 18.2 Å². The monoisotopic (exact) mass is 243 g/mol. The molecule has 1 aliphatic rings. The molecule has 2 aromatic rings. The molecule has 3 heterocycles. The number of aromatic nitrogens is 1. The van der Waals surface area contributed by atoms with E-state index >= 15 is 0 Å². The van der Waals surface area contributed by atoms with Crippen molar-refractivity contribution in [1.82, 2.24) is 4.98 Å². The predicted octanol–water partition coefficient (Wildman–Crippen LogP) is 2.19. The number of pyridine rings is 1. The molecule has 0 fully saturated rings. The first-order chi connectivity index (χ1) is 8.75. The van der Waals surface area contributed by atoms with Crippen LogP contribution in [0.5, 0.6) is 0 Å². The molecule has 1 unspecified atom stereocenters. The van der Waals surface area contributed by atoms with Crippen LogP contribution in [0, 0.1) is 0 Å². The molecule has 92 valence electrons. The molecule has 0 aliphatic carbocycles. The molecule has 3 rings (SSSR count). The minimum atomic E-state index is 0.00744. The maximum atomic E-state index is 11.7. The molecular weight excluding hydrogens is 230 g/mol. The molecule has 5 nitrogen and oxygen atoms in total. The SMILES string of the molecule is CC(=O)N1CC(c2cccnc2)Nc2cocc21. The van der Waals surface area contributed by atoms with Gasteiger partial charge >= 0.3 is 0 Å². The van der Waals surface area contributed by atoms with Gasteiger partial charge in [-0.2, -0.15) is 0 Å². The van der Waals surface area contributed by atoms with E-state index in [1.54, 1.807) is 36.7 Å². The van der Waals surface area contributed by atoms with Crippen LogP contribution < -0.4 is 10.2 Å². The third-order valence-electron chi connectivity index (χ3n) is 3.09. The van der Waals surface area contributed by atoms with Crippen LogP contribution in [-0.2, 0) is 4.79 Å². The summed E-state index contributed by atoms with van der Waals surface area (Å²) in [5, 5.41) is 3.35. The molecule has 0 aromatic carbocycles. The Morgan fingerprint density at radius 2 is 2.44 bits per heavy atom. The van der Waals surface area contributed by atoms with E-state index in [1.165, 1.54) is 0 Å². The van der Waals surface area contributed by atoms with Crippen molar-refractivity contribution in [3.05, 3.63) is 42.6 Å². The van der Waals surface area contributed by atoms with Gasteiger partial charge in [-0.25, -0.2) is 0 Å². The van der Waals surface area contributed by atoms with Gasteiger partial charge in [0.05, 0.1) is 18.3 Å². The van der Waals surface area contributed by atoms with E-state index in [9.17, 15) is 4.79 Å². The molecule has 1 atom stereocenters. The van der Waals surface area contributed by atoms with Gasteiger partial charge in [-0.1, -0.05) is 6.07 Å². The van der Waals surface area contributed by atoms with Gasteiger partial charge in [-0.3, -0.25) is 9.78 Å². The summed E-state index contributed by atoms with van der Waals surface area (Å²) in [6, 6.07) is 3.92. The normalized spacial score (nSPS) is 18.1. The lowest BCUT2D eigenvalue weighted by atomic mass is 10.1. The molecule has 0 saturated carbocycles. The quantitative estimate of drug-likeness (QED) is 0.834. The van der Waals surface area contributed by atoms with Crippen LogP contribution in [0.3, 0.4) is 0 Å². The van der Waals surface area contributed by atoms with Crippen molar-refractivity contribution in [3.8, 4) is 0 Å². The second-order valence-corrected chi connectivity index (χ2v) is 4.28. The van der Waals surface area contributed by atoms with E-state index in [0.29, 0.717) is 6.54 Å². The number of anilines is 2. The zero-order valence-corrected chi connectivity index (χ0v) is 9.96. The third-order valence-corrected chi connectivity index (χ3v) is 3.09. The second-order valence-electron chi connectivity index (χ2n) is 4.28. The number of rotatable bonds is 1. The summed E-state index contributed by atoms with van der Waals surface area (Å²) < 4.78 is 5.16. The lowest BCUT2D eigenvalue weighted by Gasteiger charge is -2.32. The highest BCUT2D eigenvalue weighted by Crippen LogP contribution is 2.36. The highest BCUT2D eigenvalue weighted by molar-refractivity contribution is 5.96. The molecule has 2 aromatic heterocycles. The summed E-state index contributed by atoms with van der Waals surface area (Å²) >= 11 is 0. The van der Waals surface area contributed by atoms with Gasteiger partial charge in [0.15, 0.2) is 0 Å². The van der Waals surface area contributed by atoms with E-state index in [-0.39, 0.29) is 11.9 Å². The number of nitrogens with one attached hydrogen (secondary N) is 1. The van der Waals surface area contributed by atoms with Crippen LogP contribution in [0.25, 0.3) is 0 Å². The third kappa shape index (κ3) is 1.73. The molecule has 0 saturated heterocycles. The van der Waals surface area contributed by atoms with E-state index < -0.39 is 0 Å². The maximum Gasteiger partial charge on any atom is 0.224 e. The van der Waals surface area contributed by atoms with E-state index in [2.05, 4.69) is 10.3 Å². The minimum absolute atomic E-state index is 0.00744. The van der Waals surface area contributed by atoms with Crippen LogP contribution in [0.15, 0.2) is 41.5 Å². The Kier molecular flexibility index (Phi) is 2.51. The molecule has 1 aliphatic heterocycles. The summed E-state index contributed by atoms with van der Waals surface area (Å²) in [7, 11) is 0. The lowest BCUT2D eigenvalue weighted by Crippen LogP contribution is -2.39. The topological polar surface area (TPSA) is 58.4 Å². The zero-order valence-electron chi connectivity index (χ0n) is 9.96. The van der Waals surface area contributed by atoms with Crippen molar-refractivity contribution in [2.45, 2.75) is 13.0 Å². The number of nitrogens with zero attached hydrogens (tertiary/aromatic N) is 2. The van der Waals surface area contributed by atoms with Crippen LogP contribution in [0.4, 0.5) is 11.4 Å². The highest BCUT2D eigenvalue weighted by atomic mass is 16.3. The highest BCUT2D eigenvalue weighted by Gasteiger charge is 2.28. The number of carbonyl (C=O) groups excluding carboxylic acids is 1. The number of carbonyl (C=O) groups is 1. The van der Waals surface area contributed by atoms with E-state index in [4.69, 9.17) is 4.42 Å². The van der Waals surface area contributed by atoms with E-state index in [1.807, 2.05) is 12.1 Å². The Morgan fingerprint density at radius 1 is 1.56 bits per heavy atom. The molecule has 5 heteroatoms. The fourth-order valence-corrected chi connectivity index (χ4v) is 2.19. The van der Waals surface area contributed by atoms with Crippen molar-refractivity contribution in [2.75, 3.05) is 16.8 Å². The van der Waals surface area contributed by atoms with Gasteiger partial charge in [0, 0.05) is 19.3 Å². The first-order valence-corrected chi connectivity index (χ1v) is 5.76. The van der Waals surface area contributed by atoms with Crippen LogP contribution in [-0.4, -0.2) is 17.4 Å². The van der Waals surface area contributed by atoms with Gasteiger partial charge in [-0.05, 0) is 11.6 Å². The Labute approximate surface area is 104 Å². The molecule has 0 radical (unpaired) electrons. The van der Waals surface area contributed by atoms with Gasteiger partial charge in [0.25, 0.3) is 0 Å². The fraction of sp³-hybridized carbons (Fsp3) is 0.231. The molecule has 1 amide bonds. The average Bonchev–Trinajstić information content (AvgIpc) is 2.86. The summed E-state index contributed by atoms with van der Waals surface area (Å²) in [5.41, 5.74) is 2.68. The standard InChI is InChI=1S/C13H13N3O2/c1-9(17)16-6-11(10-3-2-4-14-5-10)15-12-7-18-8-13(12)16/h2-5,7-8,11,15H,6H2,1H3. The summed E-state index contributed by atoms with van der Waals surface area (Å²) in [5.74, 6) is 0.00744. The van der Waals surface area contributed by atoms with Crippen LogP contribution >= 0.6 is 0 Å². The number of hydrogen-bond acceptors (Lipinski definition) is 4. The Balaban J connectivity index is 1.96. The van der Waals surface area contributed by atoms with Crippen LogP contribution in [0.1, 0.15) is 18.5 Å². The summed E-state index contributed by atoms with van der Waals surface area (Å²) in [6.07, 6.45) is 6.75. The van der Waals surface area contributed by atoms with Crippen LogP contribution in [0.2, 0.25) is 0 Å².